The molecule has 0 fully saturated rings. The smallest absolute Gasteiger partial charge is 0.306 e. The lowest BCUT2D eigenvalue weighted by Gasteiger charge is -2.05. The lowest BCUT2D eigenvalue weighted by Crippen LogP contribution is -2.30. The van der Waals surface area contributed by atoms with Crippen LogP contribution in [-0.2, 0) is 0 Å². The van der Waals surface area contributed by atoms with Crippen LogP contribution in [0.5, 0.6) is 0 Å². The minimum Gasteiger partial charge on any atom is -0.306 e. The summed E-state index contributed by atoms with van der Waals surface area (Å²) in [6.45, 7) is -0.380. The normalized spacial score (nSPS) is 26.0. The summed E-state index contributed by atoms with van der Waals surface area (Å²) < 4.78 is 47.0. The van der Waals surface area contributed by atoms with Crippen LogP contribution in [0.3, 0.4) is 0 Å². The molecular formula is C4H4F4N2. The van der Waals surface area contributed by atoms with Gasteiger partial charge in [0.15, 0.2) is 11.9 Å². The Morgan fingerprint density at radius 3 is 2.30 bits per heavy atom. The first-order chi connectivity index (χ1) is 4.52. The second-order valence-electron chi connectivity index (χ2n) is 1.82. The van der Waals surface area contributed by atoms with E-state index in [9.17, 15) is 17.6 Å². The molecule has 6 heteroatoms. The molecule has 1 heterocycles. The first-order valence-electron chi connectivity index (χ1n) is 2.53. The summed E-state index contributed by atoms with van der Waals surface area (Å²) in [6, 6.07) is 0. The Hall–Kier alpha value is -0.810. The lowest BCUT2D eigenvalue weighted by atomic mass is 10.2. The molecule has 0 radical (unpaired) electrons. The molecule has 2 nitrogen and oxygen atoms in total. The zero-order valence-electron chi connectivity index (χ0n) is 4.74. The van der Waals surface area contributed by atoms with Gasteiger partial charge in [-0.3, -0.25) is 0 Å². The largest absolute Gasteiger partial charge is 0.434 e. The van der Waals surface area contributed by atoms with Crippen molar-refractivity contribution >= 4 is 5.71 Å². The SMILES string of the molecule is FC1CNN=C1C(F)(F)F. The second-order valence-corrected chi connectivity index (χ2v) is 1.82. The summed E-state index contributed by atoms with van der Waals surface area (Å²) in [5.41, 5.74) is 0.554. The van der Waals surface area contributed by atoms with Crippen LogP contribution in [0.15, 0.2) is 5.10 Å². The van der Waals surface area contributed by atoms with Crippen LogP contribution in [0.4, 0.5) is 17.6 Å². The minimum atomic E-state index is -4.64. The molecule has 10 heavy (non-hydrogen) atoms. The van der Waals surface area contributed by atoms with Crippen LogP contribution in [0, 0.1) is 0 Å². The molecule has 1 aliphatic heterocycles. The second kappa shape index (κ2) is 2.10. The molecule has 0 amide bonds. The van der Waals surface area contributed by atoms with Gasteiger partial charge in [0, 0.05) is 0 Å². The molecule has 0 saturated heterocycles. The average Bonchev–Trinajstić information content (AvgIpc) is 2.11. The van der Waals surface area contributed by atoms with Crippen molar-refractivity contribution in [3.8, 4) is 0 Å². The molecule has 0 aromatic heterocycles. The third kappa shape index (κ3) is 1.19. The monoisotopic (exact) mass is 156 g/mol. The summed E-state index contributed by atoms with van der Waals surface area (Å²) >= 11 is 0. The number of nitrogens with zero attached hydrogens (tertiary/aromatic N) is 1. The Morgan fingerprint density at radius 2 is 2.10 bits per heavy atom. The van der Waals surface area contributed by atoms with Crippen molar-refractivity contribution in [2.75, 3.05) is 6.54 Å². The Labute approximate surface area is 53.9 Å². The van der Waals surface area contributed by atoms with Crippen molar-refractivity contribution < 1.29 is 17.6 Å². The highest BCUT2D eigenvalue weighted by molar-refractivity contribution is 5.94. The third-order valence-corrected chi connectivity index (χ3v) is 1.06. The van der Waals surface area contributed by atoms with Gasteiger partial charge in [0.2, 0.25) is 0 Å². The van der Waals surface area contributed by atoms with E-state index < -0.39 is 18.1 Å². The topological polar surface area (TPSA) is 24.4 Å². The zero-order chi connectivity index (χ0) is 7.78. The molecule has 0 bridgehead atoms. The van der Waals surface area contributed by atoms with Gasteiger partial charge in [-0.25, -0.2) is 4.39 Å². The van der Waals surface area contributed by atoms with E-state index in [0.29, 0.717) is 0 Å². The van der Waals surface area contributed by atoms with Crippen molar-refractivity contribution in [2.45, 2.75) is 12.3 Å². The lowest BCUT2D eigenvalue weighted by molar-refractivity contribution is -0.0625. The van der Waals surface area contributed by atoms with Crippen molar-refractivity contribution in [1.82, 2.24) is 5.43 Å². The van der Waals surface area contributed by atoms with E-state index in [4.69, 9.17) is 0 Å². The van der Waals surface area contributed by atoms with Gasteiger partial charge in [-0.05, 0) is 0 Å². The Bertz CT molecular complexity index is 161. The summed E-state index contributed by atoms with van der Waals surface area (Å²) in [6.07, 6.45) is -6.65. The maximum absolute atomic E-state index is 12.2. The van der Waals surface area contributed by atoms with Gasteiger partial charge >= 0.3 is 6.18 Å². The van der Waals surface area contributed by atoms with Crippen molar-refractivity contribution in [3.05, 3.63) is 0 Å². The van der Waals surface area contributed by atoms with Crippen LogP contribution >= 0.6 is 0 Å². The van der Waals surface area contributed by atoms with E-state index in [1.807, 2.05) is 5.43 Å². The van der Waals surface area contributed by atoms with E-state index in [2.05, 4.69) is 5.10 Å². The Kier molecular flexibility index (Phi) is 1.53. The maximum Gasteiger partial charge on any atom is 0.434 e. The average molecular weight is 156 g/mol. The van der Waals surface area contributed by atoms with Crippen LogP contribution in [0.25, 0.3) is 0 Å². The van der Waals surface area contributed by atoms with E-state index in [-0.39, 0.29) is 6.54 Å². The number of hydrogen-bond donors (Lipinski definition) is 1. The van der Waals surface area contributed by atoms with Crippen molar-refractivity contribution in [3.63, 3.8) is 0 Å². The summed E-state index contributed by atoms with van der Waals surface area (Å²) in [5, 5.41) is 2.75. The highest BCUT2D eigenvalue weighted by Gasteiger charge is 2.43. The molecule has 0 aliphatic carbocycles. The van der Waals surface area contributed by atoms with Gasteiger partial charge < -0.3 is 5.43 Å². The molecule has 0 aromatic carbocycles. The maximum atomic E-state index is 12.2. The van der Waals surface area contributed by atoms with Gasteiger partial charge in [0.1, 0.15) is 0 Å². The van der Waals surface area contributed by atoms with Crippen LogP contribution in [0.1, 0.15) is 0 Å². The summed E-state index contributed by atoms with van der Waals surface area (Å²) in [7, 11) is 0. The number of rotatable bonds is 0. The first kappa shape index (κ1) is 7.30. The Morgan fingerprint density at radius 1 is 1.50 bits per heavy atom. The highest BCUT2D eigenvalue weighted by atomic mass is 19.4. The van der Waals surface area contributed by atoms with E-state index in [1.165, 1.54) is 0 Å². The standard InChI is InChI=1S/C4H4F4N2/c5-2-1-9-10-3(2)4(6,7)8/h2,9H,1H2. The number of hydrazone groups is 1. The predicted octanol–water partition coefficient (Wildman–Crippen LogP) is 0.846. The van der Waals surface area contributed by atoms with E-state index in [0.717, 1.165) is 0 Å². The molecule has 0 spiro atoms. The number of alkyl halides is 4. The number of nitrogens with one attached hydrogen (secondary N) is 1. The molecule has 1 atom stereocenters. The van der Waals surface area contributed by atoms with Crippen LogP contribution in [-0.4, -0.2) is 24.6 Å². The predicted molar refractivity (Wildman–Crippen MR) is 26.4 cm³/mol. The fraction of sp³-hybridized carbons (Fsp3) is 0.750. The van der Waals surface area contributed by atoms with Gasteiger partial charge in [-0.15, -0.1) is 0 Å². The zero-order valence-corrected chi connectivity index (χ0v) is 4.74. The van der Waals surface area contributed by atoms with Gasteiger partial charge in [0.25, 0.3) is 0 Å². The molecule has 58 valence electrons. The highest BCUT2D eigenvalue weighted by Crippen LogP contribution is 2.22. The third-order valence-electron chi connectivity index (χ3n) is 1.06. The Balaban J connectivity index is 2.72. The molecule has 0 aromatic rings. The fourth-order valence-electron chi connectivity index (χ4n) is 0.619. The molecule has 1 unspecified atom stereocenters. The van der Waals surface area contributed by atoms with Gasteiger partial charge in [0.05, 0.1) is 6.54 Å². The van der Waals surface area contributed by atoms with Crippen LogP contribution < -0.4 is 5.43 Å². The van der Waals surface area contributed by atoms with Crippen molar-refractivity contribution in [2.24, 2.45) is 5.10 Å². The van der Waals surface area contributed by atoms with Crippen LogP contribution in [0.2, 0.25) is 0 Å². The summed E-state index contributed by atoms with van der Waals surface area (Å²) in [5.74, 6) is 0. The fourth-order valence-corrected chi connectivity index (χ4v) is 0.619. The molecular weight excluding hydrogens is 152 g/mol. The molecule has 1 N–H and O–H groups in total. The van der Waals surface area contributed by atoms with Crippen molar-refractivity contribution in [1.29, 1.82) is 0 Å². The molecule has 1 rings (SSSR count). The van der Waals surface area contributed by atoms with Gasteiger partial charge in [-0.2, -0.15) is 18.3 Å². The minimum absolute atomic E-state index is 0.380. The quantitative estimate of drug-likeness (QED) is 0.516. The molecule has 0 saturated carbocycles. The number of halogens is 4. The van der Waals surface area contributed by atoms with E-state index in [1.54, 1.807) is 0 Å². The first-order valence-corrected chi connectivity index (χ1v) is 2.53. The van der Waals surface area contributed by atoms with Gasteiger partial charge in [-0.1, -0.05) is 0 Å². The summed E-state index contributed by atoms with van der Waals surface area (Å²) in [4.78, 5) is 0. The molecule has 1 aliphatic rings. The number of hydrogen-bond acceptors (Lipinski definition) is 2. The van der Waals surface area contributed by atoms with E-state index >= 15 is 0 Å².